The van der Waals surface area contributed by atoms with E-state index in [4.69, 9.17) is 9.39 Å². The highest BCUT2D eigenvalue weighted by Gasteiger charge is 2.31. The van der Waals surface area contributed by atoms with Crippen LogP contribution in [0.25, 0.3) is 0 Å². The largest absolute Gasteiger partial charge is 0.416 e. The molecule has 0 bridgehead atoms. The Bertz CT molecular complexity index is 1010. The van der Waals surface area contributed by atoms with Gasteiger partial charge in [-0.2, -0.15) is 21.6 Å². The van der Waals surface area contributed by atoms with Gasteiger partial charge in [-0.15, -0.1) is 11.3 Å². The topological polar surface area (TPSA) is 92.1 Å². The standard InChI is InChI=1S/C21H28F3N3OS.CH4O3S/c1-5-9-18-13-25-20(29-18)19(26-28-15(4)14-27(6-2)7-3)16-10-8-11-17(12-16)21(22,23)24;1-5(2,3)4/h8,10-13,15H,5-7,9,14H2,1-4H3;1H3,(H,2,3,4)/b26-19-;. The molecule has 0 fully saturated rings. The third kappa shape index (κ3) is 11.4. The summed E-state index contributed by atoms with van der Waals surface area (Å²) in [6.07, 6.45) is -0.319. The van der Waals surface area contributed by atoms with Gasteiger partial charge < -0.3 is 9.74 Å². The van der Waals surface area contributed by atoms with Crippen LogP contribution in [0.15, 0.2) is 35.6 Å². The van der Waals surface area contributed by atoms with E-state index in [-0.39, 0.29) is 6.10 Å². The predicted octanol–water partition coefficient (Wildman–Crippen LogP) is 5.12. The van der Waals surface area contributed by atoms with Gasteiger partial charge in [-0.05, 0) is 38.6 Å². The highest BCUT2D eigenvalue weighted by Crippen LogP contribution is 2.30. The minimum Gasteiger partial charge on any atom is -0.391 e. The van der Waals surface area contributed by atoms with E-state index in [0.717, 1.165) is 42.9 Å². The van der Waals surface area contributed by atoms with Crippen molar-refractivity contribution in [1.82, 2.24) is 9.88 Å². The van der Waals surface area contributed by atoms with E-state index in [1.54, 1.807) is 12.3 Å². The number of hydrogen-bond acceptors (Lipinski definition) is 7. The first-order valence-corrected chi connectivity index (χ1v) is 13.5. The highest BCUT2D eigenvalue weighted by molar-refractivity contribution is 7.85. The van der Waals surface area contributed by atoms with E-state index in [1.807, 2.05) is 6.92 Å². The number of rotatable bonds is 10. The SMILES string of the molecule is CCCc1cnc(/C(=N\OC(C)CN(CC)CC)c2cccc(C(F)(F)F)c2)s1.CS(=O)(=O)O. The predicted molar refractivity (Wildman–Crippen MR) is 129 cm³/mol. The van der Waals surface area contributed by atoms with Crippen molar-refractivity contribution >= 4 is 27.2 Å². The quantitative estimate of drug-likeness (QED) is 0.264. The maximum absolute atomic E-state index is 13.2. The lowest BCUT2D eigenvalue weighted by Gasteiger charge is -2.21. The van der Waals surface area contributed by atoms with Gasteiger partial charge >= 0.3 is 6.18 Å². The van der Waals surface area contributed by atoms with E-state index in [2.05, 4.69) is 35.8 Å². The van der Waals surface area contributed by atoms with Crippen LogP contribution in [0.4, 0.5) is 13.2 Å². The van der Waals surface area contributed by atoms with Gasteiger partial charge in [-0.3, -0.25) is 4.55 Å². The molecular weight excluding hydrogens is 491 g/mol. The molecule has 34 heavy (non-hydrogen) atoms. The summed E-state index contributed by atoms with van der Waals surface area (Å²) < 4.78 is 65.4. The molecule has 1 aromatic carbocycles. The lowest BCUT2D eigenvalue weighted by Crippen LogP contribution is -2.31. The normalized spacial score (nSPS) is 13.4. The zero-order chi connectivity index (χ0) is 25.9. The monoisotopic (exact) mass is 523 g/mol. The first-order chi connectivity index (χ1) is 15.8. The first-order valence-electron chi connectivity index (χ1n) is 10.8. The molecule has 192 valence electrons. The lowest BCUT2D eigenvalue weighted by molar-refractivity contribution is -0.137. The van der Waals surface area contributed by atoms with Crippen molar-refractivity contribution in [2.45, 2.75) is 52.8 Å². The smallest absolute Gasteiger partial charge is 0.391 e. The van der Waals surface area contributed by atoms with Gasteiger partial charge in [0.05, 0.1) is 11.8 Å². The highest BCUT2D eigenvalue weighted by atomic mass is 32.2. The minimum atomic E-state index is -4.42. The summed E-state index contributed by atoms with van der Waals surface area (Å²) in [7, 11) is -3.67. The number of aryl methyl sites for hydroxylation is 1. The molecule has 2 rings (SSSR count). The van der Waals surface area contributed by atoms with Crippen LogP contribution in [0.2, 0.25) is 0 Å². The van der Waals surface area contributed by atoms with Crippen molar-refractivity contribution in [2.75, 3.05) is 25.9 Å². The Morgan fingerprint density at radius 2 is 1.88 bits per heavy atom. The van der Waals surface area contributed by atoms with Gasteiger partial charge in [0, 0.05) is 23.2 Å². The second kappa shape index (κ2) is 13.8. The van der Waals surface area contributed by atoms with Crippen LogP contribution >= 0.6 is 11.3 Å². The van der Waals surface area contributed by atoms with Gasteiger partial charge in [0.15, 0.2) is 0 Å². The van der Waals surface area contributed by atoms with Gasteiger partial charge in [0.25, 0.3) is 10.1 Å². The van der Waals surface area contributed by atoms with Crippen molar-refractivity contribution in [3.63, 3.8) is 0 Å². The summed E-state index contributed by atoms with van der Waals surface area (Å²) in [6.45, 7) is 10.6. The van der Waals surface area contributed by atoms with Crippen LogP contribution < -0.4 is 0 Å². The Hall–Kier alpha value is -2.02. The average molecular weight is 524 g/mol. The fourth-order valence-corrected chi connectivity index (χ4v) is 3.88. The van der Waals surface area contributed by atoms with E-state index in [0.29, 0.717) is 29.1 Å². The summed E-state index contributed by atoms with van der Waals surface area (Å²) in [5.74, 6) is 0. The summed E-state index contributed by atoms with van der Waals surface area (Å²) in [4.78, 5) is 13.3. The van der Waals surface area contributed by atoms with Crippen molar-refractivity contribution < 1.29 is 31.0 Å². The van der Waals surface area contributed by atoms with Crippen LogP contribution in [0, 0.1) is 0 Å². The van der Waals surface area contributed by atoms with E-state index < -0.39 is 21.9 Å². The van der Waals surface area contributed by atoms with Gasteiger partial charge in [-0.1, -0.05) is 44.5 Å². The maximum atomic E-state index is 13.2. The number of alkyl halides is 3. The van der Waals surface area contributed by atoms with Crippen molar-refractivity contribution in [3.05, 3.63) is 51.5 Å². The van der Waals surface area contributed by atoms with Gasteiger partial charge in [0.2, 0.25) is 0 Å². The summed E-state index contributed by atoms with van der Waals surface area (Å²) >= 11 is 1.43. The Labute approximate surface area is 203 Å². The Kier molecular flexibility index (Phi) is 12.1. The molecule has 2 aromatic rings. The third-order valence-electron chi connectivity index (χ3n) is 4.45. The number of aromatic nitrogens is 1. The molecule has 1 atom stereocenters. The van der Waals surface area contributed by atoms with E-state index >= 15 is 0 Å². The van der Waals surface area contributed by atoms with Crippen LogP contribution in [-0.4, -0.2) is 60.6 Å². The molecule has 1 heterocycles. The zero-order valence-corrected chi connectivity index (χ0v) is 21.6. The molecule has 0 saturated carbocycles. The van der Waals surface area contributed by atoms with Crippen molar-refractivity contribution in [1.29, 1.82) is 0 Å². The van der Waals surface area contributed by atoms with E-state index in [9.17, 15) is 21.6 Å². The molecule has 0 spiro atoms. The van der Waals surface area contributed by atoms with Crippen LogP contribution in [-0.2, 0) is 27.6 Å². The second-order valence-electron chi connectivity index (χ2n) is 7.54. The Morgan fingerprint density at radius 3 is 2.41 bits per heavy atom. The average Bonchev–Trinajstić information content (AvgIpc) is 3.19. The first kappa shape index (κ1) is 30.0. The molecule has 0 aliphatic carbocycles. The minimum absolute atomic E-state index is 0.203. The van der Waals surface area contributed by atoms with Gasteiger partial charge in [0.1, 0.15) is 16.8 Å². The molecular formula is C22H32F3N3O4S2. The van der Waals surface area contributed by atoms with Crippen LogP contribution in [0.5, 0.6) is 0 Å². The molecule has 0 amide bonds. The molecule has 7 nitrogen and oxygen atoms in total. The van der Waals surface area contributed by atoms with Gasteiger partial charge in [-0.25, -0.2) is 4.98 Å². The molecule has 1 unspecified atom stereocenters. The number of likely N-dealkylation sites (N-methyl/N-ethyl adjacent to an activating group) is 1. The number of halogens is 3. The number of thiazole rings is 1. The Balaban J connectivity index is 0.00000104. The number of benzene rings is 1. The molecule has 0 aliphatic rings. The summed E-state index contributed by atoms with van der Waals surface area (Å²) in [5.41, 5.74) is -0.0497. The summed E-state index contributed by atoms with van der Waals surface area (Å²) in [6, 6.07) is 5.13. The number of oxime groups is 1. The summed E-state index contributed by atoms with van der Waals surface area (Å²) in [5, 5.41) is 4.81. The number of nitrogens with zero attached hydrogens (tertiary/aromatic N) is 3. The lowest BCUT2D eigenvalue weighted by atomic mass is 10.1. The van der Waals surface area contributed by atoms with Crippen molar-refractivity contribution in [2.24, 2.45) is 5.16 Å². The molecule has 1 N–H and O–H groups in total. The van der Waals surface area contributed by atoms with E-state index in [1.165, 1.54) is 17.4 Å². The van der Waals surface area contributed by atoms with Crippen molar-refractivity contribution in [3.8, 4) is 0 Å². The fourth-order valence-electron chi connectivity index (χ4n) is 2.86. The molecule has 0 saturated heterocycles. The number of hydrogen-bond donors (Lipinski definition) is 1. The van der Waals surface area contributed by atoms with Crippen LogP contribution in [0.3, 0.4) is 0 Å². The zero-order valence-electron chi connectivity index (χ0n) is 20.0. The molecule has 1 aromatic heterocycles. The van der Waals surface area contributed by atoms with Crippen LogP contribution in [0.1, 0.15) is 55.1 Å². The Morgan fingerprint density at radius 1 is 1.26 bits per heavy atom. The molecule has 0 aliphatic heterocycles. The fraction of sp³-hybridized carbons (Fsp3) is 0.545. The second-order valence-corrected chi connectivity index (χ2v) is 10.1. The maximum Gasteiger partial charge on any atom is 0.416 e. The third-order valence-corrected chi connectivity index (χ3v) is 5.51. The molecule has 0 radical (unpaired) electrons. The molecule has 12 heteroatoms.